The molecule has 0 aliphatic carbocycles. The highest BCUT2D eigenvalue weighted by Gasteiger charge is 2.33. The molecule has 0 radical (unpaired) electrons. The summed E-state index contributed by atoms with van der Waals surface area (Å²) in [5, 5.41) is 3.62. The number of benzene rings is 2. The van der Waals surface area contributed by atoms with Gasteiger partial charge < -0.3 is 15.0 Å². The Bertz CT molecular complexity index is 1070. The Balaban J connectivity index is 1.31. The summed E-state index contributed by atoms with van der Waals surface area (Å²) >= 11 is 0. The topological polar surface area (TPSA) is 40.6 Å². The minimum atomic E-state index is -0.0573. The van der Waals surface area contributed by atoms with Crippen molar-refractivity contribution in [2.24, 2.45) is 0 Å². The highest BCUT2D eigenvalue weighted by Crippen LogP contribution is 2.46. The van der Waals surface area contributed by atoms with E-state index in [1.807, 2.05) is 12.4 Å². The van der Waals surface area contributed by atoms with Crippen LogP contribution in [0.15, 0.2) is 60.9 Å². The van der Waals surface area contributed by atoms with Crippen molar-refractivity contribution in [3.05, 3.63) is 77.6 Å². The van der Waals surface area contributed by atoms with Gasteiger partial charge in [0, 0.05) is 73.7 Å². The molecule has 5 nitrogen and oxygen atoms in total. The first-order chi connectivity index (χ1) is 15.0. The monoisotopic (exact) mass is 414 g/mol. The lowest BCUT2D eigenvalue weighted by Gasteiger charge is -2.38. The molecule has 0 atom stereocenters. The molecule has 1 aromatic heterocycles. The summed E-state index contributed by atoms with van der Waals surface area (Å²) in [5.41, 5.74) is 7.59. The Hall–Kier alpha value is -3.05. The molecule has 0 unspecified atom stereocenters. The standard InChI is InChI=1S/C26H30N4O/c1-26(2)22-6-5-21(31-3)17-25(22)28-24-7-4-19(16-23(24)26)18-29-12-14-30(15-13-29)20-8-10-27-11-9-20/h4-11,16-17,28H,12-15,18H2,1-3H3. The van der Waals surface area contributed by atoms with E-state index in [9.17, 15) is 0 Å². The summed E-state index contributed by atoms with van der Waals surface area (Å²) in [5.74, 6) is 0.882. The van der Waals surface area contributed by atoms with E-state index in [1.165, 1.54) is 28.1 Å². The predicted octanol–water partition coefficient (Wildman–Crippen LogP) is 4.80. The van der Waals surface area contributed by atoms with Crippen LogP contribution in [-0.4, -0.2) is 43.2 Å². The zero-order valence-corrected chi connectivity index (χ0v) is 18.6. The highest BCUT2D eigenvalue weighted by atomic mass is 16.5. The molecular weight excluding hydrogens is 384 g/mol. The second kappa shape index (κ2) is 7.89. The van der Waals surface area contributed by atoms with Crippen LogP contribution in [0.3, 0.4) is 0 Å². The molecule has 0 bridgehead atoms. The largest absolute Gasteiger partial charge is 0.497 e. The molecule has 3 aromatic rings. The van der Waals surface area contributed by atoms with Crippen LogP contribution < -0.4 is 15.0 Å². The van der Waals surface area contributed by atoms with Crippen LogP contribution in [-0.2, 0) is 12.0 Å². The molecule has 160 valence electrons. The van der Waals surface area contributed by atoms with Crippen LogP contribution in [0.25, 0.3) is 0 Å². The molecule has 1 saturated heterocycles. The lowest BCUT2D eigenvalue weighted by molar-refractivity contribution is 0.250. The molecule has 0 amide bonds. The third-order valence-corrected chi connectivity index (χ3v) is 6.73. The first kappa shape index (κ1) is 19.9. The minimum Gasteiger partial charge on any atom is -0.497 e. The molecule has 2 aliphatic rings. The van der Waals surface area contributed by atoms with Crippen molar-refractivity contribution in [1.29, 1.82) is 0 Å². The van der Waals surface area contributed by atoms with Gasteiger partial charge >= 0.3 is 0 Å². The van der Waals surface area contributed by atoms with Gasteiger partial charge in [0.25, 0.3) is 0 Å². The number of methoxy groups -OCH3 is 1. The third kappa shape index (κ3) is 3.74. The molecule has 0 saturated carbocycles. The van der Waals surface area contributed by atoms with Crippen LogP contribution >= 0.6 is 0 Å². The fourth-order valence-electron chi connectivity index (χ4n) is 4.88. The van der Waals surface area contributed by atoms with Crippen LogP contribution in [0.1, 0.15) is 30.5 Å². The van der Waals surface area contributed by atoms with E-state index in [4.69, 9.17) is 4.74 Å². The minimum absolute atomic E-state index is 0.0573. The second-order valence-corrected chi connectivity index (χ2v) is 9.01. The van der Waals surface area contributed by atoms with E-state index in [1.54, 1.807) is 7.11 Å². The smallest absolute Gasteiger partial charge is 0.120 e. The van der Waals surface area contributed by atoms with E-state index in [2.05, 4.69) is 82.5 Å². The van der Waals surface area contributed by atoms with Crippen molar-refractivity contribution in [1.82, 2.24) is 9.88 Å². The van der Waals surface area contributed by atoms with E-state index in [0.717, 1.165) is 44.2 Å². The number of hydrogen-bond donors (Lipinski definition) is 1. The first-order valence-electron chi connectivity index (χ1n) is 11.0. The molecule has 31 heavy (non-hydrogen) atoms. The van der Waals surface area contributed by atoms with Gasteiger partial charge in [-0.1, -0.05) is 32.0 Å². The van der Waals surface area contributed by atoms with Gasteiger partial charge in [0.1, 0.15) is 5.75 Å². The molecule has 1 N–H and O–H groups in total. The number of piperazine rings is 1. The number of hydrogen-bond acceptors (Lipinski definition) is 5. The SMILES string of the molecule is COc1ccc2c(c1)Nc1ccc(CN3CCN(c4ccncc4)CC3)cc1C2(C)C. The van der Waals surface area contributed by atoms with Gasteiger partial charge in [-0.05, 0) is 41.0 Å². The molecule has 3 heterocycles. The Morgan fingerprint density at radius 3 is 2.42 bits per heavy atom. The summed E-state index contributed by atoms with van der Waals surface area (Å²) in [6, 6.07) is 17.4. The van der Waals surface area contributed by atoms with Crippen molar-refractivity contribution >= 4 is 17.1 Å². The fourth-order valence-corrected chi connectivity index (χ4v) is 4.88. The maximum atomic E-state index is 5.42. The number of ether oxygens (including phenoxy) is 1. The summed E-state index contributed by atoms with van der Waals surface area (Å²) in [6.45, 7) is 9.87. The van der Waals surface area contributed by atoms with E-state index in [0.29, 0.717) is 0 Å². The Labute approximate surface area is 184 Å². The van der Waals surface area contributed by atoms with Gasteiger partial charge in [0.05, 0.1) is 7.11 Å². The van der Waals surface area contributed by atoms with Gasteiger partial charge in [-0.2, -0.15) is 0 Å². The van der Waals surface area contributed by atoms with Crippen LogP contribution in [0.5, 0.6) is 5.75 Å². The number of nitrogens with zero attached hydrogens (tertiary/aromatic N) is 3. The summed E-state index contributed by atoms with van der Waals surface area (Å²) in [6.07, 6.45) is 3.75. The number of nitrogens with one attached hydrogen (secondary N) is 1. The molecule has 0 spiro atoms. The van der Waals surface area contributed by atoms with Gasteiger partial charge in [-0.15, -0.1) is 0 Å². The van der Waals surface area contributed by atoms with Crippen molar-refractivity contribution in [2.75, 3.05) is 43.5 Å². The van der Waals surface area contributed by atoms with E-state index in [-0.39, 0.29) is 5.41 Å². The van der Waals surface area contributed by atoms with Crippen molar-refractivity contribution in [3.8, 4) is 5.75 Å². The predicted molar refractivity (Wildman–Crippen MR) is 127 cm³/mol. The van der Waals surface area contributed by atoms with Crippen molar-refractivity contribution < 1.29 is 4.74 Å². The quantitative estimate of drug-likeness (QED) is 0.664. The fraction of sp³-hybridized carbons (Fsp3) is 0.346. The summed E-state index contributed by atoms with van der Waals surface area (Å²) in [7, 11) is 1.72. The summed E-state index contributed by atoms with van der Waals surface area (Å²) < 4.78 is 5.42. The first-order valence-corrected chi connectivity index (χ1v) is 11.0. The van der Waals surface area contributed by atoms with E-state index < -0.39 is 0 Å². The lowest BCUT2D eigenvalue weighted by Crippen LogP contribution is -2.46. The maximum Gasteiger partial charge on any atom is 0.120 e. The van der Waals surface area contributed by atoms with Gasteiger partial charge in [-0.3, -0.25) is 9.88 Å². The molecule has 5 rings (SSSR count). The number of rotatable bonds is 4. The number of fused-ring (bicyclic) bond motifs is 2. The van der Waals surface area contributed by atoms with Crippen molar-refractivity contribution in [3.63, 3.8) is 0 Å². The van der Waals surface area contributed by atoms with Crippen molar-refractivity contribution in [2.45, 2.75) is 25.8 Å². The van der Waals surface area contributed by atoms with Gasteiger partial charge in [-0.25, -0.2) is 0 Å². The zero-order valence-electron chi connectivity index (χ0n) is 18.6. The molecule has 1 fully saturated rings. The molecule has 2 aliphatic heterocycles. The maximum absolute atomic E-state index is 5.42. The van der Waals surface area contributed by atoms with Gasteiger partial charge in [0.2, 0.25) is 0 Å². The average molecular weight is 415 g/mol. The molecule has 5 heteroatoms. The Kier molecular flexibility index (Phi) is 5.06. The number of aromatic nitrogens is 1. The van der Waals surface area contributed by atoms with Crippen LogP contribution in [0, 0.1) is 0 Å². The zero-order chi connectivity index (χ0) is 21.4. The normalized spacial score (nSPS) is 17.5. The lowest BCUT2D eigenvalue weighted by atomic mass is 9.74. The number of anilines is 3. The highest BCUT2D eigenvalue weighted by molar-refractivity contribution is 5.76. The average Bonchev–Trinajstić information content (AvgIpc) is 2.80. The Morgan fingerprint density at radius 2 is 1.68 bits per heavy atom. The van der Waals surface area contributed by atoms with Crippen LogP contribution in [0.4, 0.5) is 17.1 Å². The summed E-state index contributed by atoms with van der Waals surface area (Å²) in [4.78, 5) is 9.14. The molecule has 2 aromatic carbocycles. The second-order valence-electron chi connectivity index (χ2n) is 9.01. The number of pyridine rings is 1. The van der Waals surface area contributed by atoms with E-state index >= 15 is 0 Å². The molecular formula is C26H30N4O. The third-order valence-electron chi connectivity index (χ3n) is 6.73. The Morgan fingerprint density at radius 1 is 0.903 bits per heavy atom. The van der Waals surface area contributed by atoms with Crippen LogP contribution in [0.2, 0.25) is 0 Å². The van der Waals surface area contributed by atoms with Gasteiger partial charge in [0.15, 0.2) is 0 Å².